The van der Waals surface area contributed by atoms with Gasteiger partial charge in [-0.3, -0.25) is 4.79 Å². The summed E-state index contributed by atoms with van der Waals surface area (Å²) in [5.41, 5.74) is 6.98. The quantitative estimate of drug-likeness (QED) is 0.875. The predicted molar refractivity (Wildman–Crippen MR) is 87.0 cm³/mol. The highest BCUT2D eigenvalue weighted by Crippen LogP contribution is 2.45. The fraction of sp³-hybridized carbons (Fsp3) is 0.611. The molecule has 3 nitrogen and oxygen atoms in total. The number of hydrogen-bond donors (Lipinski definition) is 1. The van der Waals surface area contributed by atoms with E-state index in [1.54, 1.807) is 0 Å². The van der Waals surface area contributed by atoms with Crippen LogP contribution in [0.25, 0.3) is 0 Å². The number of hydrogen-bond acceptors (Lipinski definition) is 2. The summed E-state index contributed by atoms with van der Waals surface area (Å²) < 4.78 is 0. The third-order valence-electron chi connectivity index (χ3n) is 4.94. The van der Waals surface area contributed by atoms with Gasteiger partial charge in [0.1, 0.15) is 0 Å². The number of nitrogens with two attached hydrogens (primary N) is 1. The minimum Gasteiger partial charge on any atom is -0.345 e. The minimum atomic E-state index is -0.280. The van der Waals surface area contributed by atoms with Crippen molar-refractivity contribution in [1.29, 1.82) is 0 Å². The molecule has 1 aromatic carbocycles. The van der Waals surface area contributed by atoms with Crippen LogP contribution < -0.4 is 5.73 Å². The molecule has 3 heteroatoms. The van der Waals surface area contributed by atoms with Crippen molar-refractivity contribution in [2.75, 3.05) is 13.6 Å². The van der Waals surface area contributed by atoms with E-state index in [9.17, 15) is 4.79 Å². The largest absolute Gasteiger partial charge is 0.345 e. The molecule has 1 unspecified atom stereocenters. The van der Waals surface area contributed by atoms with Gasteiger partial charge >= 0.3 is 0 Å². The molecular formula is C18H28N2O. The van der Waals surface area contributed by atoms with Crippen LogP contribution in [-0.4, -0.2) is 30.4 Å². The molecule has 0 aliphatic heterocycles. The summed E-state index contributed by atoms with van der Waals surface area (Å²) in [4.78, 5) is 14.8. The van der Waals surface area contributed by atoms with Gasteiger partial charge in [0.05, 0.1) is 5.41 Å². The van der Waals surface area contributed by atoms with Crippen LogP contribution in [-0.2, 0) is 10.2 Å². The highest BCUT2D eigenvalue weighted by atomic mass is 16.2. The second-order valence-electron chi connectivity index (χ2n) is 6.72. The van der Waals surface area contributed by atoms with Gasteiger partial charge in [-0.2, -0.15) is 0 Å². The number of likely N-dealkylation sites (N-methyl/N-ethyl adjacent to an activating group) is 1. The summed E-state index contributed by atoms with van der Waals surface area (Å²) >= 11 is 0. The molecule has 1 aliphatic rings. The van der Waals surface area contributed by atoms with E-state index in [-0.39, 0.29) is 17.4 Å². The van der Waals surface area contributed by atoms with Crippen molar-refractivity contribution >= 4 is 5.91 Å². The summed E-state index contributed by atoms with van der Waals surface area (Å²) in [5, 5.41) is 0. The van der Waals surface area contributed by atoms with E-state index in [2.05, 4.69) is 26.0 Å². The number of carbonyl (C=O) groups excluding carboxylic acids is 1. The molecule has 2 rings (SSSR count). The van der Waals surface area contributed by atoms with Gasteiger partial charge in [-0.15, -0.1) is 0 Å². The van der Waals surface area contributed by atoms with E-state index >= 15 is 0 Å². The van der Waals surface area contributed by atoms with E-state index in [0.29, 0.717) is 5.92 Å². The molecule has 1 amide bonds. The second kappa shape index (κ2) is 6.61. The van der Waals surface area contributed by atoms with Gasteiger partial charge < -0.3 is 10.6 Å². The number of nitrogens with zero attached hydrogens (tertiary/aromatic N) is 1. The van der Waals surface area contributed by atoms with Gasteiger partial charge in [0.25, 0.3) is 0 Å². The Labute approximate surface area is 128 Å². The molecule has 0 heterocycles. The van der Waals surface area contributed by atoms with Crippen molar-refractivity contribution in [3.05, 3.63) is 35.9 Å². The maximum atomic E-state index is 12.9. The summed E-state index contributed by atoms with van der Waals surface area (Å²) in [6.45, 7) is 5.00. The molecule has 21 heavy (non-hydrogen) atoms. The maximum absolute atomic E-state index is 12.9. The molecule has 0 radical (unpaired) electrons. The van der Waals surface area contributed by atoms with Crippen LogP contribution in [0.15, 0.2) is 30.3 Å². The van der Waals surface area contributed by atoms with Crippen LogP contribution in [0.2, 0.25) is 0 Å². The number of amides is 1. The number of carbonyl (C=O) groups is 1. The Morgan fingerprint density at radius 2 is 1.90 bits per heavy atom. The highest BCUT2D eigenvalue weighted by Gasteiger charge is 2.46. The first-order valence-electron chi connectivity index (χ1n) is 8.04. The van der Waals surface area contributed by atoms with Gasteiger partial charge in [0.15, 0.2) is 0 Å². The van der Waals surface area contributed by atoms with E-state index in [4.69, 9.17) is 5.73 Å². The van der Waals surface area contributed by atoms with Crippen LogP contribution in [0, 0.1) is 5.92 Å². The molecule has 2 N–H and O–H groups in total. The van der Waals surface area contributed by atoms with Crippen molar-refractivity contribution < 1.29 is 4.79 Å². The fourth-order valence-corrected chi connectivity index (χ4v) is 3.06. The molecule has 1 aromatic rings. The third-order valence-corrected chi connectivity index (χ3v) is 4.94. The van der Waals surface area contributed by atoms with E-state index in [1.807, 2.05) is 30.1 Å². The van der Waals surface area contributed by atoms with Crippen LogP contribution in [0.5, 0.6) is 0 Å². The lowest BCUT2D eigenvalue weighted by Gasteiger charge is -2.43. The van der Waals surface area contributed by atoms with Gasteiger partial charge in [-0.25, -0.2) is 0 Å². The van der Waals surface area contributed by atoms with Gasteiger partial charge in [-0.1, -0.05) is 50.6 Å². The Hall–Kier alpha value is -1.35. The maximum Gasteiger partial charge on any atom is 0.232 e. The molecular weight excluding hydrogens is 260 g/mol. The van der Waals surface area contributed by atoms with Crippen molar-refractivity contribution in [1.82, 2.24) is 4.90 Å². The van der Waals surface area contributed by atoms with Crippen molar-refractivity contribution in [2.24, 2.45) is 11.7 Å². The zero-order valence-corrected chi connectivity index (χ0v) is 13.5. The minimum absolute atomic E-state index is 0.161. The first kappa shape index (κ1) is 16.0. The Morgan fingerprint density at radius 1 is 1.29 bits per heavy atom. The van der Waals surface area contributed by atoms with Crippen LogP contribution in [0.4, 0.5) is 0 Å². The molecule has 1 fully saturated rings. The topological polar surface area (TPSA) is 46.3 Å². The van der Waals surface area contributed by atoms with Crippen LogP contribution in [0.3, 0.4) is 0 Å². The lowest BCUT2D eigenvalue weighted by atomic mass is 9.63. The van der Waals surface area contributed by atoms with Crippen LogP contribution >= 0.6 is 0 Å². The predicted octanol–water partition coefficient (Wildman–Crippen LogP) is 2.94. The lowest BCUT2D eigenvalue weighted by Crippen LogP contribution is -2.50. The summed E-state index contributed by atoms with van der Waals surface area (Å²) in [5.74, 6) is 0.719. The monoisotopic (exact) mass is 288 g/mol. The molecule has 1 saturated carbocycles. The molecule has 116 valence electrons. The van der Waals surface area contributed by atoms with Gasteiger partial charge in [-0.05, 0) is 30.7 Å². The summed E-state index contributed by atoms with van der Waals surface area (Å²) in [7, 11) is 1.92. The molecule has 1 aliphatic carbocycles. The Balaban J connectivity index is 2.04. The third kappa shape index (κ3) is 3.29. The smallest absolute Gasteiger partial charge is 0.232 e. The Bertz CT molecular complexity index is 465. The van der Waals surface area contributed by atoms with Gasteiger partial charge in [0.2, 0.25) is 5.91 Å². The van der Waals surface area contributed by atoms with Crippen molar-refractivity contribution in [3.63, 3.8) is 0 Å². The summed E-state index contributed by atoms with van der Waals surface area (Å²) in [6, 6.07) is 10.4. The molecule has 1 atom stereocenters. The zero-order valence-electron chi connectivity index (χ0n) is 13.5. The lowest BCUT2D eigenvalue weighted by molar-refractivity contribution is -0.139. The average Bonchev–Trinajstić information content (AvgIpc) is 2.44. The number of rotatable bonds is 6. The fourth-order valence-electron chi connectivity index (χ4n) is 3.06. The molecule has 0 spiro atoms. The Morgan fingerprint density at radius 3 is 2.38 bits per heavy atom. The average molecular weight is 288 g/mol. The second-order valence-corrected chi connectivity index (χ2v) is 6.72. The SMILES string of the molecule is CC(C)C(N)CCN(C)C(=O)C1(c2ccccc2)CCC1. The molecule has 0 aromatic heterocycles. The normalized spacial score (nSPS) is 18.1. The van der Waals surface area contributed by atoms with E-state index < -0.39 is 0 Å². The Kier molecular flexibility index (Phi) is 5.04. The van der Waals surface area contributed by atoms with Gasteiger partial charge in [0, 0.05) is 19.6 Å². The van der Waals surface area contributed by atoms with E-state index in [1.165, 1.54) is 5.56 Å². The summed E-state index contributed by atoms with van der Waals surface area (Å²) in [6.07, 6.45) is 3.94. The first-order chi connectivity index (χ1) is 9.97. The molecule has 0 bridgehead atoms. The highest BCUT2D eigenvalue weighted by molar-refractivity contribution is 5.89. The van der Waals surface area contributed by atoms with Crippen molar-refractivity contribution in [3.8, 4) is 0 Å². The standard InChI is InChI=1S/C18H28N2O/c1-14(2)16(19)10-13-20(3)17(21)18(11-7-12-18)15-8-5-4-6-9-15/h4-6,8-9,14,16H,7,10-13,19H2,1-3H3. The van der Waals surface area contributed by atoms with Crippen LogP contribution in [0.1, 0.15) is 45.1 Å². The van der Waals surface area contributed by atoms with E-state index in [0.717, 1.165) is 32.2 Å². The first-order valence-corrected chi connectivity index (χ1v) is 8.04. The zero-order chi connectivity index (χ0) is 15.5. The number of benzene rings is 1. The molecule has 0 saturated heterocycles. The van der Waals surface area contributed by atoms with Crippen molar-refractivity contribution in [2.45, 2.75) is 51.0 Å².